The molecule has 126 valence electrons. The maximum absolute atomic E-state index is 5.29. The molecular weight excluding hydrogens is 381 g/mol. The number of guanidine groups is 1. The van der Waals surface area contributed by atoms with Crippen molar-refractivity contribution in [3.63, 3.8) is 0 Å². The minimum absolute atomic E-state index is 0. The van der Waals surface area contributed by atoms with Gasteiger partial charge in [-0.3, -0.25) is 4.99 Å². The van der Waals surface area contributed by atoms with Gasteiger partial charge in [0.05, 0.1) is 6.61 Å². The maximum atomic E-state index is 5.29. The van der Waals surface area contributed by atoms with Crippen LogP contribution in [0.2, 0.25) is 0 Å². The minimum Gasteiger partial charge on any atom is -0.380 e. The van der Waals surface area contributed by atoms with Gasteiger partial charge in [0.1, 0.15) is 0 Å². The summed E-state index contributed by atoms with van der Waals surface area (Å²) in [7, 11) is 4.00. The van der Waals surface area contributed by atoms with E-state index in [9.17, 15) is 0 Å². The van der Waals surface area contributed by atoms with Crippen LogP contribution < -0.4 is 10.6 Å². The van der Waals surface area contributed by atoms with E-state index < -0.39 is 0 Å². The number of nitrogens with zero attached hydrogens (tertiary/aromatic N) is 3. The van der Waals surface area contributed by atoms with Gasteiger partial charge in [-0.25, -0.2) is 0 Å². The summed E-state index contributed by atoms with van der Waals surface area (Å²) >= 11 is 0. The first kappa shape index (κ1) is 20.9. The third-order valence-electron chi connectivity index (χ3n) is 3.50. The highest BCUT2D eigenvalue weighted by atomic mass is 127. The third kappa shape index (κ3) is 10.3. The van der Waals surface area contributed by atoms with Gasteiger partial charge in [-0.05, 0) is 33.5 Å². The summed E-state index contributed by atoms with van der Waals surface area (Å²) in [6.45, 7) is 11.0. The Labute approximate surface area is 146 Å². The molecule has 0 unspecified atom stereocenters. The van der Waals surface area contributed by atoms with Crippen LogP contribution in [0.3, 0.4) is 0 Å². The molecular formula is C14H32IN5O. The van der Waals surface area contributed by atoms with Crippen molar-refractivity contribution in [3.05, 3.63) is 0 Å². The van der Waals surface area contributed by atoms with E-state index in [2.05, 4.69) is 32.5 Å². The van der Waals surface area contributed by atoms with Gasteiger partial charge in [-0.2, -0.15) is 0 Å². The molecule has 0 spiro atoms. The zero-order valence-corrected chi connectivity index (χ0v) is 16.1. The number of aliphatic imine (C=N–C) groups is 1. The number of halogens is 1. The van der Waals surface area contributed by atoms with E-state index in [0.29, 0.717) is 0 Å². The predicted octanol–water partition coefficient (Wildman–Crippen LogP) is 0.443. The molecule has 0 radical (unpaired) electrons. The van der Waals surface area contributed by atoms with E-state index in [1.54, 1.807) is 7.05 Å². The normalized spacial score (nSPS) is 18.0. The van der Waals surface area contributed by atoms with Crippen molar-refractivity contribution < 1.29 is 4.74 Å². The molecule has 0 aromatic carbocycles. The van der Waals surface area contributed by atoms with Crippen LogP contribution >= 0.6 is 24.0 Å². The molecule has 1 aliphatic rings. The fourth-order valence-electron chi connectivity index (χ4n) is 2.26. The Morgan fingerprint density at radius 3 is 2.62 bits per heavy atom. The topological polar surface area (TPSA) is 52.1 Å². The Bertz CT molecular complexity index is 278. The van der Waals surface area contributed by atoms with Gasteiger partial charge in [0.2, 0.25) is 0 Å². The highest BCUT2D eigenvalue weighted by Crippen LogP contribution is 1.99. The maximum Gasteiger partial charge on any atom is 0.191 e. The number of nitrogens with one attached hydrogen (secondary N) is 2. The van der Waals surface area contributed by atoms with Crippen LogP contribution in [0.4, 0.5) is 0 Å². The summed E-state index contributed by atoms with van der Waals surface area (Å²) in [5.41, 5.74) is 0. The Morgan fingerprint density at radius 2 is 1.90 bits per heavy atom. The van der Waals surface area contributed by atoms with Crippen molar-refractivity contribution in [1.82, 2.24) is 20.4 Å². The smallest absolute Gasteiger partial charge is 0.191 e. The quantitative estimate of drug-likeness (QED) is 0.275. The van der Waals surface area contributed by atoms with Gasteiger partial charge >= 0.3 is 0 Å². The first-order valence-electron chi connectivity index (χ1n) is 7.69. The average molecular weight is 413 g/mol. The lowest BCUT2D eigenvalue weighted by Gasteiger charge is -2.21. The molecule has 0 bridgehead atoms. The van der Waals surface area contributed by atoms with E-state index in [0.717, 1.165) is 45.4 Å². The van der Waals surface area contributed by atoms with E-state index in [1.165, 1.54) is 26.1 Å². The lowest BCUT2D eigenvalue weighted by atomic mass is 10.4. The van der Waals surface area contributed by atoms with Crippen molar-refractivity contribution >= 4 is 29.9 Å². The van der Waals surface area contributed by atoms with Gasteiger partial charge in [0, 0.05) is 46.4 Å². The Balaban J connectivity index is 0.00000400. The molecule has 2 N–H and O–H groups in total. The fraction of sp³-hybridized carbons (Fsp3) is 0.929. The third-order valence-corrected chi connectivity index (χ3v) is 3.50. The molecule has 0 atom stereocenters. The SMILES string of the molecule is CCOCCNC(=NC)NCCN1CCCN(C)CC1.I. The molecule has 1 rings (SSSR count). The van der Waals surface area contributed by atoms with E-state index in [4.69, 9.17) is 4.74 Å². The first-order chi connectivity index (χ1) is 9.76. The van der Waals surface area contributed by atoms with Crippen LogP contribution in [-0.2, 0) is 4.74 Å². The molecule has 0 saturated carbocycles. The molecule has 6 nitrogen and oxygen atoms in total. The highest BCUT2D eigenvalue weighted by Gasteiger charge is 2.11. The van der Waals surface area contributed by atoms with Crippen LogP contribution in [-0.4, -0.2) is 88.9 Å². The molecule has 1 heterocycles. The lowest BCUT2D eigenvalue weighted by Crippen LogP contribution is -2.43. The Hall–Kier alpha value is -0.120. The summed E-state index contributed by atoms with van der Waals surface area (Å²) in [6.07, 6.45) is 1.26. The van der Waals surface area contributed by atoms with E-state index in [1.807, 2.05) is 6.92 Å². The summed E-state index contributed by atoms with van der Waals surface area (Å²) in [5, 5.41) is 6.60. The largest absolute Gasteiger partial charge is 0.380 e. The van der Waals surface area contributed by atoms with Crippen LogP contribution in [0.5, 0.6) is 0 Å². The average Bonchev–Trinajstić information content (AvgIpc) is 2.66. The van der Waals surface area contributed by atoms with Crippen LogP contribution in [0, 0.1) is 0 Å². The highest BCUT2D eigenvalue weighted by molar-refractivity contribution is 14.0. The number of hydrogen-bond donors (Lipinski definition) is 2. The molecule has 1 fully saturated rings. The molecule has 7 heteroatoms. The molecule has 1 saturated heterocycles. The molecule has 0 aromatic heterocycles. The molecule has 0 aromatic rings. The number of hydrogen-bond acceptors (Lipinski definition) is 4. The summed E-state index contributed by atoms with van der Waals surface area (Å²) in [6, 6.07) is 0. The van der Waals surface area contributed by atoms with Gasteiger partial charge in [-0.1, -0.05) is 0 Å². The zero-order chi connectivity index (χ0) is 14.6. The molecule has 0 amide bonds. The molecule has 0 aliphatic carbocycles. The zero-order valence-electron chi connectivity index (χ0n) is 13.7. The van der Waals surface area contributed by atoms with Gasteiger partial charge in [-0.15, -0.1) is 24.0 Å². The molecule has 1 aliphatic heterocycles. The number of rotatable bonds is 7. The standard InChI is InChI=1S/C14H31N5O.HI/c1-4-20-13-7-17-14(15-2)16-6-10-19-9-5-8-18(3)11-12-19;/h4-13H2,1-3H3,(H2,15,16,17);1H. The monoisotopic (exact) mass is 413 g/mol. The minimum atomic E-state index is 0. The lowest BCUT2D eigenvalue weighted by molar-refractivity contribution is 0.152. The van der Waals surface area contributed by atoms with Crippen LogP contribution in [0.15, 0.2) is 4.99 Å². The predicted molar refractivity (Wildman–Crippen MR) is 99.8 cm³/mol. The van der Waals surface area contributed by atoms with Crippen molar-refractivity contribution in [2.45, 2.75) is 13.3 Å². The fourth-order valence-corrected chi connectivity index (χ4v) is 2.26. The van der Waals surface area contributed by atoms with Crippen molar-refractivity contribution in [2.24, 2.45) is 4.99 Å². The van der Waals surface area contributed by atoms with Crippen LogP contribution in [0.1, 0.15) is 13.3 Å². The Kier molecular flexibility index (Phi) is 13.5. The second-order valence-corrected chi connectivity index (χ2v) is 5.12. The van der Waals surface area contributed by atoms with Crippen molar-refractivity contribution in [2.75, 3.05) is 73.1 Å². The van der Waals surface area contributed by atoms with E-state index >= 15 is 0 Å². The number of likely N-dealkylation sites (N-methyl/N-ethyl adjacent to an activating group) is 1. The van der Waals surface area contributed by atoms with Crippen molar-refractivity contribution in [3.8, 4) is 0 Å². The van der Waals surface area contributed by atoms with Crippen molar-refractivity contribution in [1.29, 1.82) is 0 Å². The summed E-state index contributed by atoms with van der Waals surface area (Å²) < 4.78 is 5.29. The number of ether oxygens (including phenoxy) is 1. The van der Waals surface area contributed by atoms with Gasteiger partial charge < -0.3 is 25.2 Å². The molecule has 21 heavy (non-hydrogen) atoms. The van der Waals surface area contributed by atoms with Gasteiger partial charge in [0.15, 0.2) is 5.96 Å². The summed E-state index contributed by atoms with van der Waals surface area (Å²) in [5.74, 6) is 0.858. The van der Waals surface area contributed by atoms with Crippen LogP contribution in [0.25, 0.3) is 0 Å². The second kappa shape index (κ2) is 13.5. The summed E-state index contributed by atoms with van der Waals surface area (Å²) in [4.78, 5) is 9.13. The second-order valence-electron chi connectivity index (χ2n) is 5.12. The first-order valence-corrected chi connectivity index (χ1v) is 7.69. The Morgan fingerprint density at radius 1 is 1.14 bits per heavy atom. The van der Waals surface area contributed by atoms with E-state index in [-0.39, 0.29) is 24.0 Å². The van der Waals surface area contributed by atoms with Gasteiger partial charge in [0.25, 0.3) is 0 Å².